The molecule has 1 rings (SSSR count). The third-order valence-electron chi connectivity index (χ3n) is 1.73. The number of rotatable bonds is 5. The van der Waals surface area contributed by atoms with Crippen molar-refractivity contribution in [1.82, 2.24) is 0 Å². The molecule has 0 atom stereocenters. The van der Waals surface area contributed by atoms with Crippen LogP contribution in [0.5, 0.6) is 5.75 Å². The van der Waals surface area contributed by atoms with Crippen LogP contribution in [0.4, 0.5) is 5.69 Å². The summed E-state index contributed by atoms with van der Waals surface area (Å²) in [4.78, 5) is 9.96. The van der Waals surface area contributed by atoms with E-state index in [0.717, 1.165) is 0 Å². The molecule has 0 amide bonds. The maximum Gasteiger partial charge on any atom is 0.288 e. The lowest BCUT2D eigenvalue weighted by molar-refractivity contribution is -0.384. The van der Waals surface area contributed by atoms with E-state index >= 15 is 0 Å². The van der Waals surface area contributed by atoms with E-state index in [9.17, 15) is 10.1 Å². The first-order chi connectivity index (χ1) is 7.65. The van der Waals surface area contributed by atoms with Crippen molar-refractivity contribution in [3.8, 4) is 5.75 Å². The van der Waals surface area contributed by atoms with Crippen molar-refractivity contribution in [3.63, 3.8) is 0 Å². The average molecular weight is 260 g/mol. The van der Waals surface area contributed by atoms with Crippen LogP contribution < -0.4 is 4.74 Å². The van der Waals surface area contributed by atoms with E-state index in [1.165, 1.54) is 18.2 Å². The van der Waals surface area contributed by atoms with Gasteiger partial charge in [0, 0.05) is 17.9 Å². The molecule has 86 valence electrons. The summed E-state index contributed by atoms with van der Waals surface area (Å²) >= 11 is 9.71. The van der Waals surface area contributed by atoms with Crippen LogP contribution >= 0.6 is 24.2 Å². The molecule has 0 spiro atoms. The number of thiol groups is 1. The van der Waals surface area contributed by atoms with Crippen LogP contribution in [0.25, 0.3) is 0 Å². The molecule has 0 aliphatic heterocycles. The zero-order chi connectivity index (χ0) is 12.0. The molecule has 6 heteroatoms. The second-order valence-electron chi connectivity index (χ2n) is 2.84. The summed E-state index contributed by atoms with van der Waals surface area (Å²) in [6, 6.07) is 4.26. The lowest BCUT2D eigenvalue weighted by Crippen LogP contribution is -1.95. The van der Waals surface area contributed by atoms with Gasteiger partial charge in [0.2, 0.25) is 0 Å². The number of benzene rings is 1. The summed E-state index contributed by atoms with van der Waals surface area (Å²) in [5.41, 5.74) is -0.125. The third-order valence-corrected chi connectivity index (χ3v) is 2.25. The smallest absolute Gasteiger partial charge is 0.288 e. The molecule has 4 nitrogen and oxygen atoms in total. The maximum atomic E-state index is 10.5. The number of hydrogen-bond acceptors (Lipinski definition) is 4. The van der Waals surface area contributed by atoms with Crippen molar-refractivity contribution in [3.05, 3.63) is 45.5 Å². The molecule has 0 aromatic heterocycles. The van der Waals surface area contributed by atoms with Crippen molar-refractivity contribution >= 4 is 29.9 Å². The Morgan fingerprint density at radius 3 is 2.81 bits per heavy atom. The number of nitro benzene ring substituents is 1. The van der Waals surface area contributed by atoms with E-state index in [2.05, 4.69) is 12.6 Å². The Balaban J connectivity index is 2.66. The molecule has 1 aromatic carbocycles. The Morgan fingerprint density at radius 2 is 2.25 bits per heavy atom. The van der Waals surface area contributed by atoms with Crippen LogP contribution in [0.2, 0.25) is 5.02 Å². The molecule has 0 saturated heterocycles. The summed E-state index contributed by atoms with van der Waals surface area (Å²) in [5.74, 6) is 1.14. The summed E-state index contributed by atoms with van der Waals surface area (Å²) < 4.78 is 5.30. The quantitative estimate of drug-likeness (QED) is 0.383. The Kier molecular flexibility index (Phi) is 5.14. The SMILES string of the molecule is O=[N+]([O-])c1ccc(OCC=CCS)cc1Cl. The van der Waals surface area contributed by atoms with Gasteiger partial charge in [-0.1, -0.05) is 23.8 Å². The molecule has 0 radical (unpaired) electrons. The van der Waals surface area contributed by atoms with Crippen molar-refractivity contribution < 1.29 is 9.66 Å². The minimum absolute atomic E-state index is 0.0701. The lowest BCUT2D eigenvalue weighted by atomic mass is 10.3. The number of hydrogen-bond donors (Lipinski definition) is 1. The fourth-order valence-electron chi connectivity index (χ4n) is 1.01. The van der Waals surface area contributed by atoms with Crippen molar-refractivity contribution in [1.29, 1.82) is 0 Å². The van der Waals surface area contributed by atoms with E-state index in [0.29, 0.717) is 18.1 Å². The van der Waals surface area contributed by atoms with Gasteiger partial charge in [-0.3, -0.25) is 10.1 Å². The van der Waals surface area contributed by atoms with Gasteiger partial charge in [0.05, 0.1) is 4.92 Å². The van der Waals surface area contributed by atoms with Gasteiger partial charge >= 0.3 is 0 Å². The van der Waals surface area contributed by atoms with Gasteiger partial charge in [-0.05, 0) is 6.07 Å². The third kappa shape index (κ3) is 3.75. The fraction of sp³-hybridized carbons (Fsp3) is 0.200. The Morgan fingerprint density at radius 1 is 1.50 bits per heavy atom. The van der Waals surface area contributed by atoms with Gasteiger partial charge in [-0.25, -0.2) is 0 Å². The molecule has 0 aliphatic rings. The van der Waals surface area contributed by atoms with E-state index in [4.69, 9.17) is 16.3 Å². The fourth-order valence-corrected chi connectivity index (χ4v) is 1.40. The van der Waals surface area contributed by atoms with Gasteiger partial charge in [-0.15, -0.1) is 0 Å². The topological polar surface area (TPSA) is 52.4 Å². The summed E-state index contributed by atoms with van der Waals surface area (Å²) in [6.45, 7) is 0.384. The molecule has 0 unspecified atom stereocenters. The highest BCUT2D eigenvalue weighted by Gasteiger charge is 2.12. The summed E-state index contributed by atoms with van der Waals surface area (Å²) in [6.07, 6.45) is 3.65. The minimum Gasteiger partial charge on any atom is -0.489 e. The van der Waals surface area contributed by atoms with Crippen molar-refractivity contribution in [2.45, 2.75) is 0 Å². The summed E-state index contributed by atoms with van der Waals surface area (Å²) in [5, 5.41) is 10.6. The molecule has 0 saturated carbocycles. The first kappa shape index (κ1) is 12.9. The van der Waals surface area contributed by atoms with Crippen molar-refractivity contribution in [2.75, 3.05) is 12.4 Å². The van der Waals surface area contributed by atoms with Crippen molar-refractivity contribution in [2.24, 2.45) is 0 Å². The molecule has 0 heterocycles. The highest BCUT2D eigenvalue weighted by Crippen LogP contribution is 2.28. The second kappa shape index (κ2) is 6.40. The van der Waals surface area contributed by atoms with E-state index < -0.39 is 4.92 Å². The van der Waals surface area contributed by atoms with Crippen LogP contribution in [0.1, 0.15) is 0 Å². The van der Waals surface area contributed by atoms with Gasteiger partial charge in [0.15, 0.2) is 0 Å². The number of nitro groups is 1. The zero-order valence-electron chi connectivity index (χ0n) is 8.30. The highest BCUT2D eigenvalue weighted by atomic mass is 35.5. The molecule has 0 N–H and O–H groups in total. The molecule has 0 bridgehead atoms. The maximum absolute atomic E-state index is 10.5. The largest absolute Gasteiger partial charge is 0.489 e. The van der Waals surface area contributed by atoms with Crippen LogP contribution in [0.15, 0.2) is 30.4 Å². The Labute approximate surface area is 103 Å². The van der Waals surface area contributed by atoms with Crippen LogP contribution in [0.3, 0.4) is 0 Å². The molecule has 16 heavy (non-hydrogen) atoms. The van der Waals surface area contributed by atoms with Gasteiger partial charge in [0.25, 0.3) is 5.69 Å². The molecule has 1 aromatic rings. The molecular formula is C10H10ClNO3S. The zero-order valence-corrected chi connectivity index (χ0v) is 9.95. The molecule has 0 fully saturated rings. The van der Waals surface area contributed by atoms with Gasteiger partial charge in [0.1, 0.15) is 17.4 Å². The van der Waals surface area contributed by atoms with E-state index in [1.807, 2.05) is 12.2 Å². The molecule has 0 aliphatic carbocycles. The monoisotopic (exact) mass is 259 g/mol. The first-order valence-electron chi connectivity index (χ1n) is 4.47. The Bertz CT molecular complexity index is 409. The average Bonchev–Trinajstić information content (AvgIpc) is 2.24. The number of ether oxygens (including phenoxy) is 1. The minimum atomic E-state index is -0.535. The van der Waals surface area contributed by atoms with Gasteiger partial charge in [-0.2, -0.15) is 12.6 Å². The Hall–Kier alpha value is -1.20. The van der Waals surface area contributed by atoms with E-state index in [-0.39, 0.29) is 10.7 Å². The predicted molar refractivity (Wildman–Crippen MR) is 66.6 cm³/mol. The predicted octanol–water partition coefficient (Wildman–Crippen LogP) is 3.11. The summed E-state index contributed by atoms with van der Waals surface area (Å²) in [7, 11) is 0. The van der Waals surface area contributed by atoms with Gasteiger partial charge < -0.3 is 4.74 Å². The first-order valence-corrected chi connectivity index (χ1v) is 5.49. The number of halogens is 1. The van der Waals surface area contributed by atoms with E-state index in [1.54, 1.807) is 0 Å². The number of nitrogens with zero attached hydrogens (tertiary/aromatic N) is 1. The lowest BCUT2D eigenvalue weighted by Gasteiger charge is -2.03. The standard InChI is InChI=1S/C10H10ClNO3S/c11-9-7-8(15-5-1-2-6-16)3-4-10(9)12(13)14/h1-4,7,16H,5-6H2. The second-order valence-corrected chi connectivity index (χ2v) is 3.61. The van der Waals surface area contributed by atoms with Crippen LogP contribution in [-0.2, 0) is 0 Å². The highest BCUT2D eigenvalue weighted by molar-refractivity contribution is 7.80. The normalized spacial score (nSPS) is 10.6. The van der Waals surface area contributed by atoms with Crippen LogP contribution in [-0.4, -0.2) is 17.3 Å². The van der Waals surface area contributed by atoms with Crippen LogP contribution in [0, 0.1) is 10.1 Å². The molecular weight excluding hydrogens is 250 g/mol.